The smallest absolute Gasteiger partial charge is 0.331 e. The van der Waals surface area contributed by atoms with E-state index in [0.29, 0.717) is 35.4 Å². The Kier molecular flexibility index (Phi) is 8.37. The van der Waals surface area contributed by atoms with E-state index in [-0.39, 0.29) is 0 Å². The molecule has 148 valence electrons. The summed E-state index contributed by atoms with van der Waals surface area (Å²) in [6, 6.07) is 12.0. The molecule has 0 atom stereocenters. The number of esters is 1. The van der Waals surface area contributed by atoms with Crippen LogP contribution in [0, 0.1) is 0 Å². The molecule has 0 aliphatic rings. The fourth-order valence-corrected chi connectivity index (χ4v) is 2.47. The fourth-order valence-electron chi connectivity index (χ4n) is 2.28. The molecule has 0 aliphatic heterocycles. The van der Waals surface area contributed by atoms with Gasteiger partial charge in [0.25, 0.3) is 5.91 Å². The lowest BCUT2D eigenvalue weighted by atomic mass is 10.2. The van der Waals surface area contributed by atoms with Crippen molar-refractivity contribution in [2.24, 2.45) is 0 Å². The minimum Gasteiger partial charge on any atom is -0.490 e. The highest BCUT2D eigenvalue weighted by Crippen LogP contribution is 2.29. The van der Waals surface area contributed by atoms with Gasteiger partial charge in [0.15, 0.2) is 18.1 Å². The van der Waals surface area contributed by atoms with Crippen molar-refractivity contribution in [1.29, 1.82) is 0 Å². The molecule has 0 unspecified atom stereocenters. The number of hydrogen-bond donors (Lipinski definition) is 1. The second-order valence-electron chi connectivity index (χ2n) is 5.57. The van der Waals surface area contributed by atoms with E-state index in [9.17, 15) is 9.59 Å². The average molecular weight is 404 g/mol. The first-order valence-corrected chi connectivity index (χ1v) is 9.19. The zero-order chi connectivity index (χ0) is 20.4. The second-order valence-corrected chi connectivity index (χ2v) is 6.01. The van der Waals surface area contributed by atoms with Crippen molar-refractivity contribution < 1.29 is 23.8 Å². The summed E-state index contributed by atoms with van der Waals surface area (Å²) < 4.78 is 16.0. The van der Waals surface area contributed by atoms with Crippen molar-refractivity contribution in [3.8, 4) is 11.5 Å². The lowest BCUT2D eigenvalue weighted by Gasteiger charge is -2.11. The summed E-state index contributed by atoms with van der Waals surface area (Å²) in [6.07, 6.45) is 2.83. The van der Waals surface area contributed by atoms with E-state index >= 15 is 0 Å². The van der Waals surface area contributed by atoms with Gasteiger partial charge < -0.3 is 19.5 Å². The number of nitrogens with one attached hydrogen (secondary N) is 1. The van der Waals surface area contributed by atoms with Gasteiger partial charge in [-0.05, 0) is 55.8 Å². The third kappa shape index (κ3) is 6.96. The fraction of sp³-hybridized carbons (Fsp3) is 0.238. The molecule has 0 spiro atoms. The number of rotatable bonds is 9. The molecular weight excluding hydrogens is 382 g/mol. The SMILES string of the molecule is CCOc1ccc(/C=C/C(=O)OCC(=O)Nc2cccc(Cl)c2)cc1OCC. The van der Waals surface area contributed by atoms with Crippen molar-refractivity contribution in [2.45, 2.75) is 13.8 Å². The molecule has 2 rings (SSSR count). The third-order valence-corrected chi connectivity index (χ3v) is 3.67. The van der Waals surface area contributed by atoms with Gasteiger partial charge in [0.05, 0.1) is 13.2 Å². The Hall–Kier alpha value is -2.99. The Morgan fingerprint density at radius 2 is 1.79 bits per heavy atom. The van der Waals surface area contributed by atoms with E-state index in [0.717, 1.165) is 5.56 Å². The standard InChI is InChI=1S/C21H22ClNO5/c1-3-26-18-10-8-15(12-19(18)27-4-2)9-11-21(25)28-14-20(24)23-17-7-5-6-16(22)13-17/h5-13H,3-4,14H2,1-2H3,(H,23,24)/b11-9+. The summed E-state index contributed by atoms with van der Waals surface area (Å²) >= 11 is 5.85. The third-order valence-electron chi connectivity index (χ3n) is 3.43. The lowest BCUT2D eigenvalue weighted by molar-refractivity contribution is -0.142. The van der Waals surface area contributed by atoms with Gasteiger partial charge in [-0.1, -0.05) is 23.7 Å². The lowest BCUT2D eigenvalue weighted by Crippen LogP contribution is -2.20. The van der Waals surface area contributed by atoms with Gasteiger partial charge in [-0.25, -0.2) is 4.79 Å². The van der Waals surface area contributed by atoms with Gasteiger partial charge >= 0.3 is 5.97 Å². The molecule has 0 radical (unpaired) electrons. The molecule has 7 heteroatoms. The van der Waals surface area contributed by atoms with E-state index in [4.69, 9.17) is 25.8 Å². The van der Waals surface area contributed by atoms with Crippen LogP contribution >= 0.6 is 11.6 Å². The van der Waals surface area contributed by atoms with E-state index in [1.54, 1.807) is 48.5 Å². The summed E-state index contributed by atoms with van der Waals surface area (Å²) in [4.78, 5) is 23.7. The molecule has 2 aromatic carbocycles. The number of hydrogen-bond acceptors (Lipinski definition) is 5. The topological polar surface area (TPSA) is 73.9 Å². The predicted octanol–water partition coefficient (Wildman–Crippen LogP) is 4.33. The molecule has 0 fully saturated rings. The number of benzene rings is 2. The monoisotopic (exact) mass is 403 g/mol. The van der Waals surface area contributed by atoms with Gasteiger partial charge in [-0.2, -0.15) is 0 Å². The molecule has 28 heavy (non-hydrogen) atoms. The molecule has 0 bridgehead atoms. The summed E-state index contributed by atoms with van der Waals surface area (Å²) in [6.45, 7) is 4.39. The van der Waals surface area contributed by atoms with Crippen LogP contribution in [-0.2, 0) is 14.3 Å². The number of ether oxygens (including phenoxy) is 3. The summed E-state index contributed by atoms with van der Waals surface area (Å²) in [5.74, 6) is 0.152. The zero-order valence-corrected chi connectivity index (χ0v) is 16.5. The van der Waals surface area contributed by atoms with Crippen LogP contribution in [0.2, 0.25) is 5.02 Å². The molecule has 1 N–H and O–H groups in total. The van der Waals surface area contributed by atoms with E-state index < -0.39 is 18.5 Å². The highest BCUT2D eigenvalue weighted by Gasteiger charge is 2.07. The number of carbonyl (C=O) groups is 2. The first-order chi connectivity index (χ1) is 13.5. The molecule has 6 nitrogen and oxygen atoms in total. The minimum absolute atomic E-state index is 0.400. The van der Waals surface area contributed by atoms with Crippen molar-refractivity contribution in [3.05, 3.63) is 59.1 Å². The number of amides is 1. The van der Waals surface area contributed by atoms with Crippen molar-refractivity contribution >= 4 is 35.2 Å². The molecular formula is C21H22ClNO5. The van der Waals surface area contributed by atoms with Crippen LogP contribution < -0.4 is 14.8 Å². The summed E-state index contributed by atoms with van der Waals surface area (Å²) in [5.41, 5.74) is 1.27. The van der Waals surface area contributed by atoms with Crippen molar-refractivity contribution in [2.75, 3.05) is 25.1 Å². The Bertz CT molecular complexity index is 850. The Morgan fingerprint density at radius 3 is 2.50 bits per heavy atom. The average Bonchev–Trinajstić information content (AvgIpc) is 2.67. The number of carbonyl (C=O) groups excluding carboxylic acids is 2. The normalized spacial score (nSPS) is 10.5. The first kappa shape index (κ1) is 21.3. The van der Waals surface area contributed by atoms with E-state index in [1.807, 2.05) is 13.8 Å². The summed E-state index contributed by atoms with van der Waals surface area (Å²) in [5, 5.41) is 3.10. The van der Waals surface area contributed by atoms with Gasteiger partial charge in [0, 0.05) is 16.8 Å². The number of anilines is 1. The van der Waals surface area contributed by atoms with Gasteiger partial charge in [0.1, 0.15) is 0 Å². The highest BCUT2D eigenvalue weighted by molar-refractivity contribution is 6.30. The van der Waals surface area contributed by atoms with Crippen LogP contribution in [0.15, 0.2) is 48.5 Å². The van der Waals surface area contributed by atoms with Gasteiger partial charge in [-0.3, -0.25) is 4.79 Å². The largest absolute Gasteiger partial charge is 0.490 e. The molecule has 0 heterocycles. The molecule has 0 saturated carbocycles. The van der Waals surface area contributed by atoms with Crippen LogP contribution in [-0.4, -0.2) is 31.7 Å². The summed E-state index contributed by atoms with van der Waals surface area (Å²) in [7, 11) is 0. The molecule has 0 aliphatic carbocycles. The van der Waals surface area contributed by atoms with Crippen LogP contribution in [0.4, 0.5) is 5.69 Å². The quantitative estimate of drug-likeness (QED) is 0.498. The first-order valence-electron chi connectivity index (χ1n) is 8.81. The van der Waals surface area contributed by atoms with Crippen LogP contribution in [0.1, 0.15) is 19.4 Å². The van der Waals surface area contributed by atoms with Crippen molar-refractivity contribution in [3.63, 3.8) is 0 Å². The molecule has 0 aromatic heterocycles. The second kappa shape index (κ2) is 11.0. The van der Waals surface area contributed by atoms with E-state index in [2.05, 4.69) is 5.32 Å². The van der Waals surface area contributed by atoms with Gasteiger partial charge in [-0.15, -0.1) is 0 Å². The molecule has 1 amide bonds. The Labute approximate surface area is 169 Å². The molecule has 0 saturated heterocycles. The number of halogens is 1. The predicted molar refractivity (Wildman–Crippen MR) is 109 cm³/mol. The van der Waals surface area contributed by atoms with Crippen LogP contribution in [0.3, 0.4) is 0 Å². The Morgan fingerprint density at radius 1 is 1.04 bits per heavy atom. The molecule has 2 aromatic rings. The highest BCUT2D eigenvalue weighted by atomic mass is 35.5. The van der Waals surface area contributed by atoms with Crippen LogP contribution in [0.25, 0.3) is 6.08 Å². The van der Waals surface area contributed by atoms with Crippen LogP contribution in [0.5, 0.6) is 11.5 Å². The maximum atomic E-state index is 11.8. The Balaban J connectivity index is 1.88. The maximum Gasteiger partial charge on any atom is 0.331 e. The van der Waals surface area contributed by atoms with Gasteiger partial charge in [0.2, 0.25) is 0 Å². The maximum absolute atomic E-state index is 11.8. The van der Waals surface area contributed by atoms with Crippen molar-refractivity contribution in [1.82, 2.24) is 0 Å². The minimum atomic E-state index is -0.631. The zero-order valence-electron chi connectivity index (χ0n) is 15.7. The van der Waals surface area contributed by atoms with E-state index in [1.165, 1.54) is 6.08 Å².